The van der Waals surface area contributed by atoms with E-state index >= 15 is 0 Å². The number of nitriles is 1. The zero-order chi connectivity index (χ0) is 20.2. The second-order valence-corrected chi connectivity index (χ2v) is 6.91. The summed E-state index contributed by atoms with van der Waals surface area (Å²) >= 11 is 1.53. The van der Waals surface area contributed by atoms with Crippen molar-refractivity contribution in [3.05, 3.63) is 22.7 Å². The smallest absolute Gasteiger partial charge is 0.352 e. The average Bonchev–Trinajstić information content (AvgIpc) is 2.89. The van der Waals surface area contributed by atoms with Gasteiger partial charge >= 0.3 is 11.7 Å². The summed E-state index contributed by atoms with van der Waals surface area (Å²) in [5.41, 5.74) is 7.92. The highest BCUT2D eigenvalue weighted by Crippen LogP contribution is 2.34. The first-order valence-corrected chi connectivity index (χ1v) is 9.38. The van der Waals surface area contributed by atoms with Crippen LogP contribution in [0, 0.1) is 11.3 Å². The highest BCUT2D eigenvalue weighted by molar-refractivity contribution is 7.98. The fourth-order valence-electron chi connectivity index (χ4n) is 2.59. The Labute approximate surface area is 158 Å². The average molecular weight is 399 g/mol. The number of esters is 1. The van der Waals surface area contributed by atoms with Gasteiger partial charge in [0.25, 0.3) is 5.72 Å². The Morgan fingerprint density at radius 2 is 2.33 bits per heavy atom. The van der Waals surface area contributed by atoms with Gasteiger partial charge in [-0.15, -0.1) is 0 Å². The van der Waals surface area contributed by atoms with Crippen molar-refractivity contribution in [2.45, 2.75) is 36.5 Å². The molecule has 11 nitrogen and oxygen atoms in total. The van der Waals surface area contributed by atoms with E-state index in [2.05, 4.69) is 4.98 Å². The molecule has 0 bridgehead atoms. The second-order valence-electron chi connectivity index (χ2n) is 5.92. The Kier molecular flexibility index (Phi) is 6.79. The largest absolute Gasteiger partial charge is 0.462 e. The third-order valence-corrected chi connectivity index (χ3v) is 4.75. The van der Waals surface area contributed by atoms with Crippen molar-refractivity contribution in [2.75, 3.05) is 24.3 Å². The van der Waals surface area contributed by atoms with Crippen LogP contribution in [0.2, 0.25) is 0 Å². The zero-order valence-electron chi connectivity index (χ0n) is 14.5. The minimum Gasteiger partial charge on any atom is -0.462 e. The van der Waals surface area contributed by atoms with Gasteiger partial charge in [0.05, 0.1) is 0 Å². The number of nitrogens with zero attached hydrogens (tertiary/aromatic N) is 3. The fourth-order valence-corrected chi connectivity index (χ4v) is 3.08. The number of nitrogens with two attached hydrogens (primary N) is 2. The molecule has 0 radical (unpaired) electrons. The van der Waals surface area contributed by atoms with Gasteiger partial charge in [0.15, 0.2) is 0 Å². The Balaban J connectivity index is 2.15. The number of carbonyl (C=O) groups is 1. The molecular weight excluding hydrogens is 378 g/mol. The summed E-state index contributed by atoms with van der Waals surface area (Å²) < 4.78 is 11.2. The van der Waals surface area contributed by atoms with Crippen LogP contribution in [0.15, 0.2) is 17.1 Å². The maximum Gasteiger partial charge on any atom is 0.352 e. The number of aliphatic hydroxyl groups is 2. The van der Waals surface area contributed by atoms with E-state index in [0.29, 0.717) is 12.2 Å². The van der Waals surface area contributed by atoms with Gasteiger partial charge in [0.2, 0.25) is 0 Å². The van der Waals surface area contributed by atoms with Crippen LogP contribution in [0.25, 0.3) is 0 Å². The number of aromatic nitrogens is 2. The van der Waals surface area contributed by atoms with Crippen LogP contribution in [0.3, 0.4) is 0 Å². The molecule has 1 aromatic rings. The number of hydrogen-bond donors (Lipinski definition) is 4. The Bertz CT molecular complexity index is 783. The highest BCUT2D eigenvalue weighted by atomic mass is 32.2. The predicted molar refractivity (Wildman–Crippen MR) is 95.3 cm³/mol. The van der Waals surface area contributed by atoms with Crippen molar-refractivity contribution < 1.29 is 24.5 Å². The van der Waals surface area contributed by atoms with E-state index in [1.165, 1.54) is 17.8 Å². The summed E-state index contributed by atoms with van der Waals surface area (Å²) in [5, 5.41) is 30.1. The standard InChI is InChI=1S/C15H21N5O6S/c1-27-5-3-8(17)13(23)25-6-9-11(21)12(22)15(7-16,26-9)20-4-2-10(18)19-14(20)24/h2,4,8-9,11-12,21-22H,3,5-6,17H2,1H3,(H2,18,19,24)/t8-,9-,11?,12?,15-/m1/s1. The Hall–Kier alpha value is -2.17. The molecular formula is C15H21N5O6S. The van der Waals surface area contributed by atoms with Gasteiger partial charge in [0.1, 0.15) is 42.8 Å². The molecule has 2 rings (SSSR count). The molecule has 1 aliphatic heterocycles. The summed E-state index contributed by atoms with van der Waals surface area (Å²) in [6.07, 6.45) is -1.23. The van der Waals surface area contributed by atoms with E-state index in [1.54, 1.807) is 6.07 Å². The SMILES string of the molecule is CSCC[C@@H](N)C(=O)OC[C@H]1O[C@@](C#N)(n2ccc(N)nc2=O)C(O)C1O. The highest BCUT2D eigenvalue weighted by Gasteiger charge is 2.57. The van der Waals surface area contributed by atoms with Crippen LogP contribution in [0.1, 0.15) is 6.42 Å². The van der Waals surface area contributed by atoms with E-state index < -0.39 is 48.3 Å². The quantitative estimate of drug-likeness (QED) is 0.363. The van der Waals surface area contributed by atoms with Crippen molar-refractivity contribution in [3.63, 3.8) is 0 Å². The molecule has 0 spiro atoms. The summed E-state index contributed by atoms with van der Waals surface area (Å²) in [7, 11) is 0. The molecule has 0 saturated carbocycles. The number of nitrogen functional groups attached to an aromatic ring is 1. The molecule has 1 fully saturated rings. The lowest BCUT2D eigenvalue weighted by Crippen LogP contribution is -2.49. The molecule has 27 heavy (non-hydrogen) atoms. The van der Waals surface area contributed by atoms with Gasteiger partial charge < -0.3 is 31.2 Å². The van der Waals surface area contributed by atoms with E-state index in [4.69, 9.17) is 20.9 Å². The van der Waals surface area contributed by atoms with Crippen LogP contribution in [0.4, 0.5) is 5.82 Å². The summed E-state index contributed by atoms with van der Waals surface area (Å²) in [5.74, 6) is -0.112. The van der Waals surface area contributed by atoms with Crippen LogP contribution in [-0.4, -0.2) is 68.7 Å². The summed E-state index contributed by atoms with van der Waals surface area (Å²) in [6, 6.07) is 2.08. The van der Waals surface area contributed by atoms with Crippen LogP contribution < -0.4 is 17.2 Å². The lowest BCUT2D eigenvalue weighted by Gasteiger charge is -2.26. The Morgan fingerprint density at radius 1 is 1.63 bits per heavy atom. The molecule has 148 valence electrons. The first-order valence-electron chi connectivity index (χ1n) is 7.98. The minimum absolute atomic E-state index is 0.0814. The maximum absolute atomic E-state index is 12.0. The van der Waals surface area contributed by atoms with Crippen molar-refractivity contribution >= 4 is 23.5 Å². The molecule has 1 aromatic heterocycles. The molecule has 5 atom stereocenters. The van der Waals surface area contributed by atoms with Crippen LogP contribution in [0.5, 0.6) is 0 Å². The molecule has 0 aromatic carbocycles. The number of rotatable bonds is 7. The minimum atomic E-state index is -2.24. The first-order chi connectivity index (χ1) is 12.8. The summed E-state index contributed by atoms with van der Waals surface area (Å²) in [4.78, 5) is 27.4. The number of hydrogen-bond acceptors (Lipinski definition) is 11. The molecule has 0 amide bonds. The van der Waals surface area contributed by atoms with Gasteiger partial charge in [0, 0.05) is 6.20 Å². The molecule has 2 unspecified atom stereocenters. The van der Waals surface area contributed by atoms with Crippen LogP contribution in [-0.2, 0) is 20.0 Å². The fraction of sp³-hybridized carbons (Fsp3) is 0.600. The topological polar surface area (TPSA) is 187 Å². The number of aliphatic hydroxyl groups excluding tert-OH is 2. The van der Waals surface area contributed by atoms with Crippen molar-refractivity contribution in [1.29, 1.82) is 5.26 Å². The third-order valence-electron chi connectivity index (χ3n) is 4.11. The Morgan fingerprint density at radius 3 is 2.93 bits per heavy atom. The second kappa shape index (κ2) is 8.68. The van der Waals surface area contributed by atoms with Crippen molar-refractivity contribution in [3.8, 4) is 6.07 Å². The molecule has 6 N–H and O–H groups in total. The molecule has 2 heterocycles. The summed E-state index contributed by atoms with van der Waals surface area (Å²) in [6.45, 7) is -0.454. The maximum atomic E-state index is 12.0. The predicted octanol–water partition coefficient (Wildman–Crippen LogP) is -2.25. The van der Waals surface area contributed by atoms with Gasteiger partial charge in [-0.2, -0.15) is 22.0 Å². The van der Waals surface area contributed by atoms with E-state index in [1.807, 2.05) is 6.26 Å². The lowest BCUT2D eigenvalue weighted by atomic mass is 10.0. The molecule has 1 saturated heterocycles. The monoisotopic (exact) mass is 399 g/mol. The number of carbonyl (C=O) groups excluding carboxylic acids is 1. The first kappa shape index (κ1) is 21.1. The van der Waals surface area contributed by atoms with E-state index in [-0.39, 0.29) is 5.82 Å². The lowest BCUT2D eigenvalue weighted by molar-refractivity contribution is -0.155. The van der Waals surface area contributed by atoms with Gasteiger partial charge in [-0.05, 0) is 24.5 Å². The third kappa shape index (κ3) is 4.23. The van der Waals surface area contributed by atoms with Crippen LogP contribution >= 0.6 is 11.8 Å². The normalized spacial score (nSPS) is 28.5. The van der Waals surface area contributed by atoms with E-state index in [0.717, 1.165) is 10.8 Å². The van der Waals surface area contributed by atoms with Crippen molar-refractivity contribution in [1.82, 2.24) is 9.55 Å². The molecule has 12 heteroatoms. The molecule has 0 aliphatic carbocycles. The number of thioether (sulfide) groups is 1. The molecule has 1 aliphatic rings. The van der Waals surface area contributed by atoms with Gasteiger partial charge in [-0.3, -0.25) is 9.36 Å². The van der Waals surface area contributed by atoms with Gasteiger partial charge in [-0.1, -0.05) is 0 Å². The van der Waals surface area contributed by atoms with Crippen molar-refractivity contribution in [2.24, 2.45) is 5.73 Å². The van der Waals surface area contributed by atoms with E-state index in [9.17, 15) is 25.1 Å². The zero-order valence-corrected chi connectivity index (χ0v) is 15.3. The number of ether oxygens (including phenoxy) is 2. The number of anilines is 1. The van der Waals surface area contributed by atoms with Gasteiger partial charge in [-0.25, -0.2) is 4.79 Å².